The molecule has 2 aromatic carbocycles. The summed E-state index contributed by atoms with van der Waals surface area (Å²) in [6.45, 7) is 7.65. The monoisotopic (exact) mass is 362 g/mol. The zero-order valence-electron chi connectivity index (χ0n) is 13.2. The number of ether oxygens (including phenoxy) is 2. The number of esters is 1. The summed E-state index contributed by atoms with van der Waals surface area (Å²) in [5, 5.41) is 0. The van der Waals surface area contributed by atoms with E-state index in [1.54, 1.807) is 0 Å². The van der Waals surface area contributed by atoms with Crippen LogP contribution < -0.4 is 9.47 Å². The molecule has 0 fully saturated rings. The van der Waals surface area contributed by atoms with Gasteiger partial charge in [0.1, 0.15) is 11.5 Å². The lowest BCUT2D eigenvalue weighted by molar-refractivity contribution is -0.136. The molecule has 0 unspecified atom stereocenters. The predicted octanol–water partition coefficient (Wildman–Crippen LogP) is 4.67. The van der Waals surface area contributed by atoms with E-state index in [-0.39, 0.29) is 6.61 Å². The maximum Gasteiger partial charge on any atom is 0.349 e. The fourth-order valence-corrected chi connectivity index (χ4v) is 2.91. The van der Waals surface area contributed by atoms with Crippen LogP contribution in [0.5, 0.6) is 11.5 Å². The lowest BCUT2D eigenvalue weighted by atomic mass is 10.1. The molecule has 3 nitrogen and oxygen atoms in total. The quantitative estimate of drug-likeness (QED) is 0.585. The summed E-state index contributed by atoms with van der Waals surface area (Å²) in [6.07, 6.45) is 0. The zero-order chi connectivity index (χ0) is 16.3. The highest BCUT2D eigenvalue weighted by Crippen LogP contribution is 2.27. The molecule has 22 heavy (non-hydrogen) atoms. The van der Waals surface area contributed by atoms with Gasteiger partial charge >= 0.3 is 5.97 Å². The van der Waals surface area contributed by atoms with Crippen LogP contribution in [0, 0.1) is 27.7 Å². The number of carbonyl (C=O) groups excluding carboxylic acids is 1. The minimum Gasteiger partial charge on any atom is -0.481 e. The molecule has 0 atom stereocenters. The molecule has 0 N–H and O–H groups in total. The van der Waals surface area contributed by atoms with Gasteiger partial charge in [-0.25, -0.2) is 4.79 Å². The van der Waals surface area contributed by atoms with Crippen LogP contribution in [0.15, 0.2) is 34.8 Å². The molecule has 0 spiro atoms. The van der Waals surface area contributed by atoms with E-state index in [4.69, 9.17) is 9.47 Å². The Kier molecular flexibility index (Phi) is 5.24. The molecule has 4 heteroatoms. The highest BCUT2D eigenvalue weighted by molar-refractivity contribution is 9.10. The van der Waals surface area contributed by atoms with Crippen LogP contribution in [0.25, 0.3) is 0 Å². The smallest absolute Gasteiger partial charge is 0.349 e. The molecule has 0 radical (unpaired) electrons. The van der Waals surface area contributed by atoms with E-state index in [9.17, 15) is 4.79 Å². The van der Waals surface area contributed by atoms with E-state index in [0.29, 0.717) is 5.75 Å². The van der Waals surface area contributed by atoms with Crippen LogP contribution in [0.3, 0.4) is 0 Å². The molecule has 0 saturated carbocycles. The van der Waals surface area contributed by atoms with Gasteiger partial charge in [-0.05, 0) is 68.1 Å². The molecule has 0 heterocycles. The van der Waals surface area contributed by atoms with Gasteiger partial charge in [-0.2, -0.15) is 0 Å². The number of carbonyl (C=O) groups is 1. The molecule has 2 rings (SSSR count). The van der Waals surface area contributed by atoms with Gasteiger partial charge in [0.2, 0.25) is 0 Å². The van der Waals surface area contributed by atoms with E-state index >= 15 is 0 Å². The van der Waals surface area contributed by atoms with Crippen LogP contribution in [-0.2, 0) is 4.79 Å². The maximum absolute atomic E-state index is 12.0. The van der Waals surface area contributed by atoms with Gasteiger partial charge in [0, 0.05) is 4.47 Å². The highest BCUT2D eigenvalue weighted by atomic mass is 79.9. The molecule has 0 aromatic heterocycles. The lowest BCUT2D eigenvalue weighted by Crippen LogP contribution is -2.18. The molecule has 2 aromatic rings. The summed E-state index contributed by atoms with van der Waals surface area (Å²) in [4.78, 5) is 12.0. The molecule has 0 aliphatic carbocycles. The molecular formula is C18H19BrO3. The van der Waals surface area contributed by atoms with Gasteiger partial charge in [-0.15, -0.1) is 0 Å². The summed E-state index contributed by atoms with van der Waals surface area (Å²) in [6, 6.07) is 9.68. The fourth-order valence-electron chi connectivity index (χ4n) is 2.23. The summed E-state index contributed by atoms with van der Waals surface area (Å²) in [7, 11) is 0. The Bertz CT molecular complexity index is 684. The molecule has 0 bridgehead atoms. The summed E-state index contributed by atoms with van der Waals surface area (Å²) >= 11 is 3.44. The second-order valence-corrected chi connectivity index (χ2v) is 6.32. The largest absolute Gasteiger partial charge is 0.481 e. The molecule has 0 aliphatic heterocycles. The van der Waals surface area contributed by atoms with Crippen molar-refractivity contribution in [2.75, 3.05) is 6.61 Å². The maximum atomic E-state index is 12.0. The van der Waals surface area contributed by atoms with Crippen molar-refractivity contribution in [2.24, 2.45) is 0 Å². The van der Waals surface area contributed by atoms with Gasteiger partial charge in [0.25, 0.3) is 0 Å². The third kappa shape index (κ3) is 4.10. The summed E-state index contributed by atoms with van der Waals surface area (Å²) < 4.78 is 12.0. The van der Waals surface area contributed by atoms with Crippen molar-refractivity contribution in [3.63, 3.8) is 0 Å². The number of benzene rings is 2. The van der Waals surface area contributed by atoms with E-state index in [0.717, 1.165) is 32.5 Å². The second kappa shape index (κ2) is 6.97. The normalized spacial score (nSPS) is 10.4. The van der Waals surface area contributed by atoms with Crippen LogP contribution in [0.2, 0.25) is 0 Å². The molecule has 0 aliphatic rings. The van der Waals surface area contributed by atoms with Gasteiger partial charge in [-0.3, -0.25) is 0 Å². The van der Waals surface area contributed by atoms with Gasteiger partial charge in [-0.1, -0.05) is 28.1 Å². The molecular weight excluding hydrogens is 344 g/mol. The Labute approximate surface area is 139 Å². The van der Waals surface area contributed by atoms with Crippen molar-refractivity contribution in [1.82, 2.24) is 0 Å². The van der Waals surface area contributed by atoms with Crippen molar-refractivity contribution < 1.29 is 14.3 Å². The van der Waals surface area contributed by atoms with Crippen LogP contribution in [0.4, 0.5) is 0 Å². The van der Waals surface area contributed by atoms with Gasteiger partial charge in [0.15, 0.2) is 6.61 Å². The Balaban J connectivity index is 2.03. The average molecular weight is 363 g/mol. The predicted molar refractivity (Wildman–Crippen MR) is 90.7 cm³/mol. The van der Waals surface area contributed by atoms with Crippen molar-refractivity contribution in [3.05, 3.63) is 57.1 Å². The standard InChI is InChI=1S/C18H19BrO3/c1-11-5-6-12(2)16(7-11)22-17(20)10-21-18-13(3)8-15(19)9-14(18)4/h5-9H,10H2,1-4H3. The van der Waals surface area contributed by atoms with Crippen LogP contribution in [0.1, 0.15) is 22.3 Å². The average Bonchev–Trinajstić information content (AvgIpc) is 2.41. The van der Waals surface area contributed by atoms with Crippen molar-refractivity contribution >= 4 is 21.9 Å². The minimum absolute atomic E-state index is 0.114. The Morgan fingerprint density at radius 1 is 1.00 bits per heavy atom. The SMILES string of the molecule is Cc1ccc(C)c(OC(=O)COc2c(C)cc(Br)cc2C)c1. The van der Waals surface area contributed by atoms with Gasteiger partial charge < -0.3 is 9.47 Å². The number of hydrogen-bond acceptors (Lipinski definition) is 3. The Morgan fingerprint density at radius 2 is 1.64 bits per heavy atom. The highest BCUT2D eigenvalue weighted by Gasteiger charge is 2.11. The first-order valence-electron chi connectivity index (χ1n) is 7.04. The van der Waals surface area contributed by atoms with Crippen molar-refractivity contribution in [3.8, 4) is 11.5 Å². The molecule has 0 amide bonds. The first-order valence-corrected chi connectivity index (χ1v) is 7.83. The fraction of sp³-hybridized carbons (Fsp3) is 0.278. The lowest BCUT2D eigenvalue weighted by Gasteiger charge is -2.13. The van der Waals surface area contributed by atoms with Crippen LogP contribution in [-0.4, -0.2) is 12.6 Å². The Hall–Kier alpha value is -1.81. The van der Waals surface area contributed by atoms with Crippen LogP contribution >= 0.6 is 15.9 Å². The summed E-state index contributed by atoms with van der Waals surface area (Å²) in [5.74, 6) is 0.898. The van der Waals surface area contributed by atoms with Crippen molar-refractivity contribution in [2.45, 2.75) is 27.7 Å². The molecule has 0 saturated heterocycles. The number of hydrogen-bond donors (Lipinski definition) is 0. The van der Waals surface area contributed by atoms with Crippen molar-refractivity contribution in [1.29, 1.82) is 0 Å². The van der Waals surface area contributed by atoms with E-state index < -0.39 is 5.97 Å². The zero-order valence-corrected chi connectivity index (χ0v) is 14.8. The minimum atomic E-state index is -0.407. The third-order valence-corrected chi connectivity index (χ3v) is 3.78. The third-order valence-electron chi connectivity index (χ3n) is 3.33. The molecule has 116 valence electrons. The van der Waals surface area contributed by atoms with Gasteiger partial charge in [0.05, 0.1) is 0 Å². The second-order valence-electron chi connectivity index (χ2n) is 5.40. The first-order chi connectivity index (χ1) is 10.4. The van der Waals surface area contributed by atoms with E-state index in [2.05, 4.69) is 15.9 Å². The number of rotatable bonds is 4. The first kappa shape index (κ1) is 16.6. The topological polar surface area (TPSA) is 35.5 Å². The number of aryl methyl sites for hydroxylation is 4. The van der Waals surface area contributed by atoms with E-state index in [1.165, 1.54) is 0 Å². The summed E-state index contributed by atoms with van der Waals surface area (Å²) in [5.41, 5.74) is 3.93. The Morgan fingerprint density at radius 3 is 2.27 bits per heavy atom. The van der Waals surface area contributed by atoms with E-state index in [1.807, 2.05) is 58.0 Å². The number of halogens is 1.